The lowest BCUT2D eigenvalue weighted by Gasteiger charge is -2.13. The van der Waals surface area contributed by atoms with E-state index in [1.807, 2.05) is 19.1 Å². The minimum atomic E-state index is -0.950. The Hall–Kier alpha value is -2.66. The van der Waals surface area contributed by atoms with Crippen molar-refractivity contribution in [1.29, 1.82) is 0 Å². The molecular weight excluding hydrogens is 366 g/mol. The van der Waals surface area contributed by atoms with Crippen LogP contribution in [0.5, 0.6) is 0 Å². The van der Waals surface area contributed by atoms with Crippen LogP contribution in [0.15, 0.2) is 48.5 Å². The first-order chi connectivity index (χ1) is 12.9. The van der Waals surface area contributed by atoms with Gasteiger partial charge in [-0.05, 0) is 55.3 Å². The smallest absolute Gasteiger partial charge is 0.307 e. The zero-order valence-corrected chi connectivity index (χ0v) is 16.1. The molecule has 2 rings (SSSR count). The molecule has 0 fully saturated rings. The van der Waals surface area contributed by atoms with Crippen LogP contribution in [0.3, 0.4) is 0 Å². The summed E-state index contributed by atoms with van der Waals surface area (Å²) in [5.41, 5.74) is 2.28. The minimum Gasteiger partial charge on any atom is -0.453 e. The van der Waals surface area contributed by atoms with Crippen LogP contribution in [0, 0.1) is 0 Å². The maximum absolute atomic E-state index is 12.1. The molecule has 0 heterocycles. The number of carbonyl (C=O) groups excluding carboxylic acids is 3. The Kier molecular flexibility index (Phi) is 7.55. The van der Waals surface area contributed by atoms with E-state index in [1.165, 1.54) is 6.92 Å². The van der Waals surface area contributed by atoms with Crippen LogP contribution in [0.2, 0.25) is 5.02 Å². The molecule has 0 unspecified atom stereocenters. The summed E-state index contributed by atoms with van der Waals surface area (Å²) in [6.07, 6.45) is -0.122. The third-order valence-electron chi connectivity index (χ3n) is 4.03. The van der Waals surface area contributed by atoms with Gasteiger partial charge in [0.25, 0.3) is 5.91 Å². The van der Waals surface area contributed by atoms with Crippen LogP contribution in [0.1, 0.15) is 42.6 Å². The van der Waals surface area contributed by atoms with Crippen molar-refractivity contribution < 1.29 is 19.1 Å². The number of anilines is 1. The highest BCUT2D eigenvalue weighted by molar-refractivity contribution is 6.30. The van der Waals surface area contributed by atoms with Crippen LogP contribution in [0.4, 0.5) is 5.69 Å². The highest BCUT2D eigenvalue weighted by Crippen LogP contribution is 2.13. The van der Waals surface area contributed by atoms with Crippen LogP contribution >= 0.6 is 11.6 Å². The van der Waals surface area contributed by atoms with E-state index in [2.05, 4.69) is 5.32 Å². The van der Waals surface area contributed by atoms with Gasteiger partial charge in [-0.2, -0.15) is 0 Å². The monoisotopic (exact) mass is 387 g/mol. The molecule has 27 heavy (non-hydrogen) atoms. The highest BCUT2D eigenvalue weighted by atomic mass is 35.5. The second-order valence-electron chi connectivity index (χ2n) is 6.10. The van der Waals surface area contributed by atoms with E-state index in [-0.39, 0.29) is 18.6 Å². The summed E-state index contributed by atoms with van der Waals surface area (Å²) in [6, 6.07) is 13.9. The SMILES string of the molecule is CCc1ccc(NC(=O)[C@H](C)OC(=O)CCC(=O)c2ccc(Cl)cc2)cc1. The molecule has 0 bridgehead atoms. The van der Waals surface area contributed by atoms with Gasteiger partial charge >= 0.3 is 5.97 Å². The second-order valence-corrected chi connectivity index (χ2v) is 6.54. The average Bonchev–Trinajstić information content (AvgIpc) is 2.67. The number of ether oxygens (including phenoxy) is 1. The standard InChI is InChI=1S/C21H22ClNO4/c1-3-15-4-10-18(11-5-15)23-21(26)14(2)27-20(25)13-12-19(24)16-6-8-17(22)9-7-16/h4-11,14H,3,12-13H2,1-2H3,(H,23,26)/t14-/m0/s1. The first-order valence-corrected chi connectivity index (χ1v) is 9.15. The minimum absolute atomic E-state index is 0.00723. The zero-order valence-electron chi connectivity index (χ0n) is 15.3. The molecule has 0 spiro atoms. The quantitative estimate of drug-likeness (QED) is 0.537. The summed E-state index contributed by atoms with van der Waals surface area (Å²) in [4.78, 5) is 36.1. The molecule has 1 N–H and O–H groups in total. The summed E-state index contributed by atoms with van der Waals surface area (Å²) in [5, 5.41) is 3.24. The van der Waals surface area contributed by atoms with E-state index < -0.39 is 18.0 Å². The van der Waals surface area contributed by atoms with Crippen molar-refractivity contribution in [2.75, 3.05) is 5.32 Å². The number of benzene rings is 2. The van der Waals surface area contributed by atoms with Gasteiger partial charge in [0, 0.05) is 22.7 Å². The zero-order chi connectivity index (χ0) is 19.8. The van der Waals surface area contributed by atoms with Gasteiger partial charge in [-0.15, -0.1) is 0 Å². The number of nitrogens with one attached hydrogen (secondary N) is 1. The molecule has 0 saturated carbocycles. The van der Waals surface area contributed by atoms with Crippen LogP contribution in [-0.4, -0.2) is 23.8 Å². The van der Waals surface area contributed by atoms with Gasteiger partial charge < -0.3 is 10.1 Å². The fourth-order valence-corrected chi connectivity index (χ4v) is 2.50. The van der Waals surface area contributed by atoms with Gasteiger partial charge in [-0.1, -0.05) is 30.7 Å². The third kappa shape index (κ3) is 6.53. The Bertz CT molecular complexity index is 800. The van der Waals surface area contributed by atoms with Crippen molar-refractivity contribution in [1.82, 2.24) is 0 Å². The maximum atomic E-state index is 12.1. The lowest BCUT2D eigenvalue weighted by Crippen LogP contribution is -2.30. The summed E-state index contributed by atoms with van der Waals surface area (Å²) in [6.45, 7) is 3.54. The first-order valence-electron chi connectivity index (χ1n) is 8.77. The average molecular weight is 388 g/mol. The van der Waals surface area contributed by atoms with E-state index in [4.69, 9.17) is 16.3 Å². The van der Waals surface area contributed by atoms with Crippen LogP contribution in [0.25, 0.3) is 0 Å². The Morgan fingerprint density at radius 2 is 1.63 bits per heavy atom. The predicted molar refractivity (Wildman–Crippen MR) is 105 cm³/mol. The van der Waals surface area contributed by atoms with Gasteiger partial charge in [0.1, 0.15) is 0 Å². The molecule has 0 saturated heterocycles. The fraction of sp³-hybridized carbons (Fsp3) is 0.286. The molecule has 0 aliphatic rings. The van der Waals surface area contributed by atoms with Gasteiger partial charge in [0.05, 0.1) is 6.42 Å². The maximum Gasteiger partial charge on any atom is 0.307 e. The van der Waals surface area contributed by atoms with E-state index in [9.17, 15) is 14.4 Å². The number of aryl methyl sites for hydroxylation is 1. The molecular formula is C21H22ClNO4. The third-order valence-corrected chi connectivity index (χ3v) is 4.28. The molecule has 0 aliphatic heterocycles. The van der Waals surface area contributed by atoms with Crippen molar-refractivity contribution in [3.05, 3.63) is 64.7 Å². The van der Waals surface area contributed by atoms with Crippen LogP contribution < -0.4 is 5.32 Å². The molecule has 2 aromatic carbocycles. The number of rotatable bonds is 8. The summed E-state index contributed by atoms with van der Waals surface area (Å²) >= 11 is 5.78. The largest absolute Gasteiger partial charge is 0.453 e. The number of halogens is 1. The molecule has 1 atom stereocenters. The molecule has 6 heteroatoms. The molecule has 1 amide bonds. The van der Waals surface area contributed by atoms with E-state index in [1.54, 1.807) is 36.4 Å². The second kappa shape index (κ2) is 9.88. The predicted octanol–water partition coefficient (Wildman–Crippen LogP) is 4.44. The number of carbonyl (C=O) groups is 3. The first kappa shape index (κ1) is 20.6. The fourth-order valence-electron chi connectivity index (χ4n) is 2.37. The Morgan fingerprint density at radius 3 is 2.22 bits per heavy atom. The molecule has 0 aliphatic carbocycles. The molecule has 2 aromatic rings. The highest BCUT2D eigenvalue weighted by Gasteiger charge is 2.19. The van der Waals surface area contributed by atoms with E-state index in [0.717, 1.165) is 12.0 Å². The van der Waals surface area contributed by atoms with Gasteiger partial charge in [-0.25, -0.2) is 0 Å². The van der Waals surface area contributed by atoms with Crippen molar-refractivity contribution in [3.63, 3.8) is 0 Å². The number of esters is 1. The summed E-state index contributed by atoms with van der Waals surface area (Å²) in [7, 11) is 0. The number of hydrogen-bond donors (Lipinski definition) is 1. The topological polar surface area (TPSA) is 72.5 Å². The Morgan fingerprint density at radius 1 is 1.00 bits per heavy atom. The summed E-state index contributed by atoms with van der Waals surface area (Å²) < 4.78 is 5.11. The molecule has 142 valence electrons. The summed E-state index contributed by atoms with van der Waals surface area (Å²) in [5.74, 6) is -1.20. The van der Waals surface area contributed by atoms with E-state index in [0.29, 0.717) is 16.3 Å². The number of hydrogen-bond acceptors (Lipinski definition) is 4. The van der Waals surface area contributed by atoms with Crippen LogP contribution in [-0.2, 0) is 20.7 Å². The lowest BCUT2D eigenvalue weighted by molar-refractivity contribution is -0.153. The molecule has 0 aromatic heterocycles. The van der Waals surface area contributed by atoms with Crippen molar-refractivity contribution in [2.24, 2.45) is 0 Å². The number of ketones is 1. The lowest BCUT2D eigenvalue weighted by atomic mass is 10.1. The van der Waals surface area contributed by atoms with Crippen molar-refractivity contribution in [2.45, 2.75) is 39.2 Å². The molecule has 5 nitrogen and oxygen atoms in total. The Balaban J connectivity index is 1.78. The normalized spacial score (nSPS) is 11.5. The Labute approximate surface area is 163 Å². The number of Topliss-reactive ketones (excluding diaryl/α,β-unsaturated/α-hetero) is 1. The number of amides is 1. The van der Waals surface area contributed by atoms with Crippen molar-refractivity contribution >= 4 is 34.9 Å². The van der Waals surface area contributed by atoms with Gasteiger partial charge in [0.2, 0.25) is 0 Å². The van der Waals surface area contributed by atoms with Gasteiger partial charge in [0.15, 0.2) is 11.9 Å². The van der Waals surface area contributed by atoms with E-state index >= 15 is 0 Å². The van der Waals surface area contributed by atoms with Gasteiger partial charge in [-0.3, -0.25) is 14.4 Å². The molecule has 0 radical (unpaired) electrons. The van der Waals surface area contributed by atoms with Crippen molar-refractivity contribution in [3.8, 4) is 0 Å².